The number of rotatable bonds is 22. The van der Waals surface area contributed by atoms with Crippen LogP contribution in [0.5, 0.6) is 0 Å². The minimum atomic E-state index is -2.39. The first kappa shape index (κ1) is 71.6. The van der Waals surface area contributed by atoms with E-state index in [-0.39, 0.29) is 0 Å². The first-order valence-corrected chi connectivity index (χ1v) is 27.9. The van der Waals surface area contributed by atoms with Gasteiger partial charge in [0.1, 0.15) is 165 Å². The minimum Gasteiger partial charge on any atom is -0.394 e. The predicted octanol–water partition coefficient (Wildman–Crippen LogP) is -14.8. The van der Waals surface area contributed by atoms with Gasteiger partial charge in [-0.05, 0) is 6.92 Å². The molecule has 0 aliphatic carbocycles. The largest absolute Gasteiger partial charge is 0.394 e. The van der Waals surface area contributed by atoms with Gasteiger partial charge in [-0.3, -0.25) is 14.4 Å². The van der Waals surface area contributed by atoms with Crippen molar-refractivity contribution in [1.29, 1.82) is 0 Å². The van der Waals surface area contributed by atoms with Crippen LogP contribution >= 0.6 is 0 Å². The van der Waals surface area contributed by atoms with Crippen molar-refractivity contribution >= 4 is 17.7 Å². The van der Waals surface area contributed by atoms with Gasteiger partial charge in [0.25, 0.3) is 0 Å². The summed E-state index contributed by atoms with van der Waals surface area (Å²) >= 11 is 0. The molecule has 0 spiro atoms. The molecule has 22 N–H and O–H groups in total. The number of aliphatic hydroxyl groups is 19. The van der Waals surface area contributed by atoms with Crippen LogP contribution in [0.15, 0.2) is 0 Å². The van der Waals surface area contributed by atoms with Gasteiger partial charge in [0.05, 0.1) is 58.4 Å². The molecule has 0 saturated carbocycles. The van der Waals surface area contributed by atoms with Crippen LogP contribution in [0.25, 0.3) is 0 Å². The average Bonchev–Trinajstić information content (AvgIpc) is 1.63. The Hall–Kier alpha value is -2.87. The van der Waals surface area contributed by atoms with Crippen LogP contribution in [0.3, 0.4) is 0 Å². The molecule has 7 heterocycles. The summed E-state index contributed by atoms with van der Waals surface area (Å²) in [6.45, 7) is -2.12. The molecule has 38 nitrogen and oxygen atoms in total. The van der Waals surface area contributed by atoms with Crippen LogP contribution in [0.2, 0.25) is 0 Å². The third-order valence-electron chi connectivity index (χ3n) is 16.0. The zero-order chi connectivity index (χ0) is 64.2. The summed E-state index contributed by atoms with van der Waals surface area (Å²) in [5, 5.41) is 215. The zero-order valence-electron chi connectivity index (χ0n) is 47.2. The number of carbonyl (C=O) groups is 3. The molecule has 504 valence electrons. The first-order chi connectivity index (χ1) is 41.1. The molecule has 35 atom stereocenters. The van der Waals surface area contributed by atoms with E-state index in [1.807, 2.05) is 0 Å². The highest BCUT2D eigenvalue weighted by molar-refractivity contribution is 5.74. The summed E-state index contributed by atoms with van der Waals surface area (Å²) in [6.07, 6.45) is -61.2. The van der Waals surface area contributed by atoms with E-state index in [1.165, 1.54) is 6.92 Å². The van der Waals surface area contributed by atoms with Crippen molar-refractivity contribution in [3.05, 3.63) is 0 Å². The van der Waals surface area contributed by atoms with Gasteiger partial charge < -0.3 is 175 Å². The second-order valence-corrected chi connectivity index (χ2v) is 22.1. The van der Waals surface area contributed by atoms with Gasteiger partial charge >= 0.3 is 0 Å². The summed E-state index contributed by atoms with van der Waals surface area (Å²) in [5.74, 6) is -2.31. The highest BCUT2D eigenvalue weighted by atomic mass is 16.8. The Morgan fingerprint density at radius 1 is 0.310 bits per heavy atom. The molecule has 0 aromatic rings. The summed E-state index contributed by atoms with van der Waals surface area (Å²) in [7, 11) is 0. The van der Waals surface area contributed by atoms with E-state index in [9.17, 15) is 111 Å². The maximum atomic E-state index is 12.8. The Balaban J connectivity index is 1.20. The van der Waals surface area contributed by atoms with E-state index >= 15 is 0 Å². The van der Waals surface area contributed by atoms with Gasteiger partial charge in [-0.2, -0.15) is 0 Å². The standard InChI is InChI=1S/C49H83N3O35/c1-12-23(50-13(2)59)30(66)39(19(8-56)76-12)83-44-24(51-14(3)60)31(67)41(21(10-58)80-44)85-48-38(74)42(29(65)22(82-48)11-75-46-36(72)33(69)26(62)16(5-53)77-46)86-49-43(35(71)28(64)18(7-55)79-49)87-45-25(52-15(4)61)32(68)40(20(9-57)81-45)84-47-37(73)34(70)27(63)17(6-54)78-47/h12,16-49,53-58,62-74H,5-11H2,1-4H3,(H,50,59)(H,51,60)(H,52,61)/t12-,16?,17?,18?,19?,20?,21?,22?,23?,24?,25?,26+,27-,28+,29+,30?,31?,32?,33?,34?,35?,36?,37?,38?,39+,40+,41+,42?,43?,44-,45-,46-,47-,48-,49+/m0/s1. The van der Waals surface area contributed by atoms with E-state index < -0.39 is 279 Å². The Kier molecular flexibility index (Phi) is 25.6. The zero-order valence-corrected chi connectivity index (χ0v) is 47.2. The van der Waals surface area contributed by atoms with Crippen molar-refractivity contribution in [1.82, 2.24) is 16.0 Å². The highest BCUT2D eigenvalue weighted by Gasteiger charge is 2.59. The van der Waals surface area contributed by atoms with Gasteiger partial charge in [0.2, 0.25) is 17.7 Å². The maximum absolute atomic E-state index is 12.8. The fourth-order valence-corrected chi connectivity index (χ4v) is 11.3. The molecule has 0 aromatic heterocycles. The van der Waals surface area contributed by atoms with Gasteiger partial charge in [-0.1, -0.05) is 0 Å². The number of amides is 3. The molecular formula is C49H83N3O35. The topological polar surface area (TPSA) is 592 Å². The van der Waals surface area contributed by atoms with Crippen molar-refractivity contribution in [2.45, 2.75) is 242 Å². The fourth-order valence-electron chi connectivity index (χ4n) is 11.3. The number of hydrogen-bond acceptors (Lipinski definition) is 35. The molecule has 0 radical (unpaired) electrons. The van der Waals surface area contributed by atoms with Gasteiger partial charge in [0.15, 0.2) is 37.7 Å². The lowest BCUT2D eigenvalue weighted by Crippen LogP contribution is -2.70. The molecule has 7 fully saturated rings. The highest BCUT2D eigenvalue weighted by Crippen LogP contribution is 2.38. The Morgan fingerprint density at radius 2 is 0.632 bits per heavy atom. The smallest absolute Gasteiger partial charge is 0.217 e. The van der Waals surface area contributed by atoms with E-state index in [0.717, 1.165) is 20.8 Å². The third-order valence-corrected chi connectivity index (χ3v) is 16.0. The van der Waals surface area contributed by atoms with Crippen LogP contribution in [-0.4, -0.2) is 376 Å². The maximum Gasteiger partial charge on any atom is 0.217 e. The van der Waals surface area contributed by atoms with Crippen molar-refractivity contribution in [3.8, 4) is 0 Å². The van der Waals surface area contributed by atoms with E-state index in [1.54, 1.807) is 0 Å². The quantitative estimate of drug-likeness (QED) is 0.0479. The lowest BCUT2D eigenvalue weighted by Gasteiger charge is -2.51. The minimum absolute atomic E-state index is 0.582. The lowest BCUT2D eigenvalue weighted by atomic mass is 9.92. The van der Waals surface area contributed by atoms with Crippen molar-refractivity contribution in [3.63, 3.8) is 0 Å². The number of carbonyl (C=O) groups excluding carboxylic acids is 3. The number of ether oxygens (including phenoxy) is 13. The summed E-state index contributed by atoms with van der Waals surface area (Å²) in [6, 6.07) is -4.73. The van der Waals surface area contributed by atoms with E-state index in [0.29, 0.717) is 0 Å². The molecule has 3 amide bonds. The van der Waals surface area contributed by atoms with Gasteiger partial charge in [-0.15, -0.1) is 0 Å². The number of nitrogens with one attached hydrogen (secondary N) is 3. The SMILES string of the molecule is CC(=O)NC1C(O)[C@H](O[C@@H]2OC(CO)[C@H](O)C(O)C2O)C(CO)O[C@H]1OC1C(O)[C@H](O)C(CO)O[C@@H]1OC1C(O)[C@H](O[C@@H]2C(CO)O[C@@H](O[C@@H]3C(CO)O[C@@H](C)C(NC(C)=O)C3O)C(NC(C)=O)C2O)OC(CO[C@H]2OC(CO)[C@@H](O)C(O)C2O)[C@H]1O. The molecule has 7 aliphatic heterocycles. The molecule has 7 rings (SSSR count). The van der Waals surface area contributed by atoms with Crippen LogP contribution in [0.4, 0.5) is 0 Å². The van der Waals surface area contributed by atoms with Crippen LogP contribution in [0, 0.1) is 0 Å². The summed E-state index contributed by atoms with van der Waals surface area (Å²) in [4.78, 5) is 37.6. The molecule has 38 heteroatoms. The molecule has 0 bridgehead atoms. The molecule has 21 unspecified atom stereocenters. The first-order valence-electron chi connectivity index (χ1n) is 27.9. The van der Waals surface area contributed by atoms with Gasteiger partial charge in [0, 0.05) is 20.8 Å². The summed E-state index contributed by atoms with van der Waals surface area (Å²) in [5.41, 5.74) is 0. The second-order valence-electron chi connectivity index (χ2n) is 22.1. The number of hydrogen-bond donors (Lipinski definition) is 22. The van der Waals surface area contributed by atoms with Crippen molar-refractivity contribution in [2.24, 2.45) is 0 Å². The Labute approximate surface area is 494 Å². The van der Waals surface area contributed by atoms with E-state index in [4.69, 9.17) is 61.6 Å². The lowest BCUT2D eigenvalue weighted by molar-refractivity contribution is -0.397. The molecule has 0 aromatic carbocycles. The number of aliphatic hydroxyl groups excluding tert-OH is 19. The van der Waals surface area contributed by atoms with Crippen LogP contribution in [-0.2, 0) is 76.0 Å². The Bertz CT molecular complexity index is 2180. The average molecular weight is 1270 g/mol. The van der Waals surface area contributed by atoms with Crippen LogP contribution in [0.1, 0.15) is 27.7 Å². The molecule has 7 aliphatic rings. The van der Waals surface area contributed by atoms with Crippen LogP contribution < -0.4 is 16.0 Å². The molecular weight excluding hydrogens is 1190 g/mol. The molecule has 7 saturated heterocycles. The van der Waals surface area contributed by atoms with Crippen molar-refractivity contribution in [2.75, 3.05) is 46.2 Å². The normalized spacial score (nSPS) is 48.9. The monoisotopic (exact) mass is 1270 g/mol. The third kappa shape index (κ3) is 15.8. The second kappa shape index (κ2) is 31.2. The fraction of sp³-hybridized carbons (Fsp3) is 0.939. The summed E-state index contributed by atoms with van der Waals surface area (Å²) < 4.78 is 76.3. The Morgan fingerprint density at radius 3 is 1.08 bits per heavy atom. The van der Waals surface area contributed by atoms with Gasteiger partial charge in [-0.25, -0.2) is 0 Å². The molecule has 87 heavy (non-hydrogen) atoms. The van der Waals surface area contributed by atoms with E-state index in [2.05, 4.69) is 16.0 Å². The predicted molar refractivity (Wildman–Crippen MR) is 270 cm³/mol. The van der Waals surface area contributed by atoms with Crippen molar-refractivity contribution < 1.29 is 173 Å².